The highest BCUT2D eigenvalue weighted by Gasteiger charge is 2.18. The number of ether oxygens (including phenoxy) is 1. The van der Waals surface area contributed by atoms with Crippen molar-refractivity contribution in [2.75, 3.05) is 39.4 Å². The van der Waals surface area contributed by atoms with Crippen molar-refractivity contribution in [2.24, 2.45) is 0 Å². The number of nitrogens with zero attached hydrogens (tertiary/aromatic N) is 3. The fourth-order valence-electron chi connectivity index (χ4n) is 2.59. The van der Waals surface area contributed by atoms with E-state index in [4.69, 9.17) is 4.74 Å². The fraction of sp³-hybridized carbons (Fsp3) is 0.625. The fourth-order valence-corrected chi connectivity index (χ4v) is 2.59. The van der Waals surface area contributed by atoms with Gasteiger partial charge in [0, 0.05) is 51.7 Å². The highest BCUT2D eigenvalue weighted by molar-refractivity contribution is 5.76. The summed E-state index contributed by atoms with van der Waals surface area (Å²) in [5.41, 5.74) is 1.23. The van der Waals surface area contributed by atoms with Crippen LogP contribution in [0.3, 0.4) is 0 Å². The molecule has 5 nitrogen and oxygen atoms in total. The van der Waals surface area contributed by atoms with Gasteiger partial charge in [0.05, 0.1) is 13.0 Å². The van der Waals surface area contributed by atoms with Gasteiger partial charge in [-0.1, -0.05) is 6.07 Å². The van der Waals surface area contributed by atoms with Crippen LogP contribution in [0, 0.1) is 0 Å². The molecule has 5 heteroatoms. The van der Waals surface area contributed by atoms with E-state index in [0.29, 0.717) is 19.6 Å². The molecule has 2 rings (SSSR count). The van der Waals surface area contributed by atoms with Crippen molar-refractivity contribution in [3.63, 3.8) is 0 Å². The van der Waals surface area contributed by atoms with Gasteiger partial charge < -0.3 is 9.64 Å². The van der Waals surface area contributed by atoms with Gasteiger partial charge in [-0.05, 0) is 25.0 Å². The minimum atomic E-state index is 0.215. The summed E-state index contributed by atoms with van der Waals surface area (Å²) in [5, 5.41) is 0. The predicted molar refractivity (Wildman–Crippen MR) is 81.8 cm³/mol. The number of aromatic nitrogens is 1. The first-order chi connectivity index (χ1) is 10.3. The van der Waals surface area contributed by atoms with E-state index in [1.807, 2.05) is 24.1 Å². The van der Waals surface area contributed by atoms with Gasteiger partial charge in [0.2, 0.25) is 5.91 Å². The zero-order valence-electron chi connectivity index (χ0n) is 12.8. The number of hydrogen-bond donors (Lipinski definition) is 0. The third kappa shape index (κ3) is 5.44. The van der Waals surface area contributed by atoms with Crippen LogP contribution in [-0.4, -0.2) is 60.1 Å². The Bertz CT molecular complexity index is 425. The Morgan fingerprint density at radius 2 is 2.24 bits per heavy atom. The monoisotopic (exact) mass is 291 g/mol. The van der Waals surface area contributed by atoms with Crippen LogP contribution in [0.5, 0.6) is 0 Å². The van der Waals surface area contributed by atoms with Crippen molar-refractivity contribution in [1.82, 2.24) is 14.8 Å². The van der Waals surface area contributed by atoms with Crippen molar-refractivity contribution < 1.29 is 9.53 Å². The maximum absolute atomic E-state index is 12.1. The highest BCUT2D eigenvalue weighted by Crippen LogP contribution is 2.09. The van der Waals surface area contributed by atoms with E-state index in [-0.39, 0.29) is 5.91 Å². The number of rotatable bonds is 6. The second-order valence-electron chi connectivity index (χ2n) is 5.32. The molecule has 1 amide bonds. The molecule has 1 fully saturated rings. The zero-order valence-corrected chi connectivity index (χ0v) is 12.8. The lowest BCUT2D eigenvalue weighted by Crippen LogP contribution is -2.35. The van der Waals surface area contributed by atoms with E-state index in [1.165, 1.54) is 5.56 Å². The van der Waals surface area contributed by atoms with Crippen molar-refractivity contribution in [3.8, 4) is 0 Å². The number of pyridine rings is 1. The van der Waals surface area contributed by atoms with Gasteiger partial charge in [-0.2, -0.15) is 0 Å². The highest BCUT2D eigenvalue weighted by atomic mass is 16.5. The van der Waals surface area contributed by atoms with Crippen LogP contribution in [0.15, 0.2) is 24.5 Å². The minimum Gasteiger partial charge on any atom is -0.381 e. The third-order valence-electron chi connectivity index (χ3n) is 3.73. The van der Waals surface area contributed by atoms with Gasteiger partial charge in [-0.3, -0.25) is 14.7 Å². The molecule has 1 aromatic heterocycles. The SMILES string of the molecule is CCOCCC(=O)N1CCCN(Cc2cccnc2)CC1. The Balaban J connectivity index is 1.77. The molecule has 1 aromatic rings. The van der Waals surface area contributed by atoms with E-state index in [1.54, 1.807) is 6.20 Å². The maximum atomic E-state index is 12.1. The van der Waals surface area contributed by atoms with Crippen LogP contribution < -0.4 is 0 Å². The van der Waals surface area contributed by atoms with Gasteiger partial charge in [0.25, 0.3) is 0 Å². The van der Waals surface area contributed by atoms with Gasteiger partial charge in [0.15, 0.2) is 0 Å². The summed E-state index contributed by atoms with van der Waals surface area (Å²) in [5.74, 6) is 0.215. The first-order valence-electron chi connectivity index (χ1n) is 7.76. The van der Waals surface area contributed by atoms with Crippen molar-refractivity contribution in [1.29, 1.82) is 0 Å². The Morgan fingerprint density at radius 3 is 3.00 bits per heavy atom. The second kappa shape index (κ2) is 8.74. The molecule has 0 spiro atoms. The van der Waals surface area contributed by atoms with E-state index >= 15 is 0 Å². The number of amides is 1. The molecule has 2 heterocycles. The van der Waals surface area contributed by atoms with Gasteiger partial charge in [-0.25, -0.2) is 0 Å². The average molecular weight is 291 g/mol. The first kappa shape index (κ1) is 15.9. The normalized spacial score (nSPS) is 16.7. The Morgan fingerprint density at radius 1 is 1.33 bits per heavy atom. The van der Waals surface area contributed by atoms with Crippen molar-refractivity contribution >= 4 is 5.91 Å². The van der Waals surface area contributed by atoms with Gasteiger partial charge in [-0.15, -0.1) is 0 Å². The van der Waals surface area contributed by atoms with Crippen LogP contribution in [0.2, 0.25) is 0 Å². The topological polar surface area (TPSA) is 45.7 Å². The molecule has 0 radical (unpaired) electrons. The summed E-state index contributed by atoms with van der Waals surface area (Å²) in [4.78, 5) is 20.6. The molecular weight excluding hydrogens is 266 g/mol. The molecule has 0 unspecified atom stereocenters. The molecule has 0 aliphatic carbocycles. The summed E-state index contributed by atoms with van der Waals surface area (Å²) in [6.45, 7) is 7.69. The summed E-state index contributed by atoms with van der Waals surface area (Å²) in [6.07, 6.45) is 5.23. The summed E-state index contributed by atoms with van der Waals surface area (Å²) >= 11 is 0. The molecule has 1 aliphatic heterocycles. The molecule has 0 bridgehead atoms. The smallest absolute Gasteiger partial charge is 0.224 e. The minimum absolute atomic E-state index is 0.215. The Kier molecular flexibility index (Phi) is 6.63. The van der Waals surface area contributed by atoms with Gasteiger partial charge in [0.1, 0.15) is 0 Å². The second-order valence-corrected chi connectivity index (χ2v) is 5.32. The first-order valence-corrected chi connectivity index (χ1v) is 7.76. The van der Waals surface area contributed by atoms with Gasteiger partial charge >= 0.3 is 0 Å². The van der Waals surface area contributed by atoms with Crippen LogP contribution in [-0.2, 0) is 16.1 Å². The van der Waals surface area contributed by atoms with Crippen LogP contribution >= 0.6 is 0 Å². The quantitative estimate of drug-likeness (QED) is 0.746. The lowest BCUT2D eigenvalue weighted by molar-refractivity contribution is -0.132. The Labute approximate surface area is 126 Å². The molecule has 0 aromatic carbocycles. The molecule has 1 saturated heterocycles. The summed E-state index contributed by atoms with van der Waals surface area (Å²) < 4.78 is 5.26. The van der Waals surface area contributed by atoms with E-state index in [9.17, 15) is 4.79 Å². The lowest BCUT2D eigenvalue weighted by atomic mass is 10.2. The molecular formula is C16H25N3O2. The number of carbonyl (C=O) groups excluding carboxylic acids is 1. The standard InChI is InChI=1S/C16H25N3O2/c1-2-21-12-6-16(20)19-9-4-8-18(10-11-19)14-15-5-3-7-17-13-15/h3,5,7,13H,2,4,6,8-12,14H2,1H3. The molecule has 21 heavy (non-hydrogen) atoms. The van der Waals surface area contributed by atoms with Crippen LogP contribution in [0.25, 0.3) is 0 Å². The van der Waals surface area contributed by atoms with Crippen molar-refractivity contribution in [2.45, 2.75) is 26.3 Å². The summed E-state index contributed by atoms with van der Waals surface area (Å²) in [6, 6.07) is 4.07. The predicted octanol–water partition coefficient (Wildman–Crippen LogP) is 1.54. The average Bonchev–Trinajstić information content (AvgIpc) is 2.74. The van der Waals surface area contributed by atoms with E-state index in [0.717, 1.165) is 39.1 Å². The molecule has 1 aliphatic rings. The summed E-state index contributed by atoms with van der Waals surface area (Å²) in [7, 11) is 0. The number of hydrogen-bond acceptors (Lipinski definition) is 4. The molecule has 0 saturated carbocycles. The van der Waals surface area contributed by atoms with Crippen molar-refractivity contribution in [3.05, 3.63) is 30.1 Å². The van der Waals surface area contributed by atoms with E-state index < -0.39 is 0 Å². The van der Waals surface area contributed by atoms with E-state index in [2.05, 4.69) is 16.0 Å². The van der Waals surface area contributed by atoms with Crippen LogP contribution in [0.4, 0.5) is 0 Å². The molecule has 0 N–H and O–H groups in total. The zero-order chi connectivity index (χ0) is 14.9. The lowest BCUT2D eigenvalue weighted by Gasteiger charge is -2.22. The van der Waals surface area contributed by atoms with Crippen LogP contribution in [0.1, 0.15) is 25.3 Å². The molecule has 116 valence electrons. The molecule has 0 atom stereocenters. The largest absolute Gasteiger partial charge is 0.381 e. The third-order valence-corrected chi connectivity index (χ3v) is 3.73. The maximum Gasteiger partial charge on any atom is 0.224 e. The number of carbonyl (C=O) groups is 1. The Hall–Kier alpha value is -1.46.